The minimum absolute atomic E-state index is 0.0763. The zero-order chi connectivity index (χ0) is 34.2. The number of imide groups is 1. The molecule has 9 nitrogen and oxygen atoms in total. The van der Waals surface area contributed by atoms with Crippen molar-refractivity contribution < 1.29 is 28.7 Å². The molecule has 48 heavy (non-hydrogen) atoms. The van der Waals surface area contributed by atoms with Crippen LogP contribution in [-0.2, 0) is 38.6 Å². The highest BCUT2D eigenvalue weighted by Crippen LogP contribution is 2.28. The maximum Gasteiger partial charge on any atom is 0.417 e. The van der Waals surface area contributed by atoms with Gasteiger partial charge in [-0.15, -0.1) is 0 Å². The molecule has 1 aromatic heterocycles. The van der Waals surface area contributed by atoms with E-state index in [9.17, 15) is 19.2 Å². The molecule has 0 spiro atoms. The Morgan fingerprint density at radius 1 is 0.938 bits per heavy atom. The maximum atomic E-state index is 14.1. The summed E-state index contributed by atoms with van der Waals surface area (Å²) in [6, 6.07) is 24.8. The Kier molecular flexibility index (Phi) is 11.2. The number of nitrogens with zero attached hydrogens (tertiary/aromatic N) is 1. The van der Waals surface area contributed by atoms with Crippen LogP contribution in [0.1, 0.15) is 42.1 Å². The van der Waals surface area contributed by atoms with Gasteiger partial charge in [0.1, 0.15) is 24.2 Å². The summed E-state index contributed by atoms with van der Waals surface area (Å²) in [6.45, 7) is 3.37. The van der Waals surface area contributed by atoms with Gasteiger partial charge in [-0.05, 0) is 84.5 Å². The zero-order valence-corrected chi connectivity index (χ0v) is 28.1. The predicted molar refractivity (Wildman–Crippen MR) is 191 cm³/mol. The third-order valence-electron chi connectivity index (χ3n) is 8.33. The Labute approximate surface area is 285 Å². The summed E-state index contributed by atoms with van der Waals surface area (Å²) in [5.74, 6) is -0.535. The van der Waals surface area contributed by atoms with E-state index in [1.807, 2.05) is 73.7 Å². The van der Waals surface area contributed by atoms with E-state index in [2.05, 4.69) is 22.9 Å². The Morgan fingerprint density at radius 2 is 1.73 bits per heavy atom. The Morgan fingerprint density at radius 3 is 2.46 bits per heavy atom. The normalized spacial score (nSPS) is 11.7. The average molecular weight is 666 g/mol. The van der Waals surface area contributed by atoms with E-state index in [1.165, 1.54) is 0 Å². The molecule has 0 aliphatic heterocycles. The predicted octanol–water partition coefficient (Wildman–Crippen LogP) is 7.19. The molecule has 5 rings (SSSR count). The molecule has 5 aromatic rings. The van der Waals surface area contributed by atoms with Gasteiger partial charge in [0.15, 0.2) is 0 Å². The summed E-state index contributed by atoms with van der Waals surface area (Å²) < 4.78 is 11.0. The minimum Gasteiger partial charge on any atom is -0.497 e. The number of aromatic amines is 1. The number of nitrogens with one attached hydrogen (secondary N) is 2. The molecule has 2 N–H and O–H groups in total. The smallest absolute Gasteiger partial charge is 0.417 e. The van der Waals surface area contributed by atoms with Crippen LogP contribution in [0.25, 0.3) is 21.7 Å². The van der Waals surface area contributed by atoms with E-state index in [4.69, 9.17) is 9.47 Å². The van der Waals surface area contributed by atoms with E-state index in [0.29, 0.717) is 23.4 Å². The summed E-state index contributed by atoms with van der Waals surface area (Å²) in [4.78, 5) is 57.1. The van der Waals surface area contributed by atoms with Gasteiger partial charge in [-0.25, -0.2) is 9.69 Å². The number of ketones is 1. The zero-order valence-electron chi connectivity index (χ0n) is 27.2. The number of thiol groups is 1. The molecule has 0 fully saturated rings. The second-order valence-corrected chi connectivity index (χ2v) is 12.1. The number of methoxy groups -OCH3 is 1. The Bertz CT molecular complexity index is 1950. The van der Waals surface area contributed by atoms with Gasteiger partial charge in [-0.2, -0.15) is 12.6 Å². The van der Waals surface area contributed by atoms with E-state index < -0.39 is 23.9 Å². The number of amides is 3. The number of Topliss-reactive ketones (excluding diaryl/α,β-unsaturated/α-hetero) is 1. The summed E-state index contributed by atoms with van der Waals surface area (Å²) >= 11 is 4.42. The van der Waals surface area contributed by atoms with Crippen molar-refractivity contribution in [3.63, 3.8) is 0 Å². The molecular formula is C38H39N3O6S. The van der Waals surface area contributed by atoms with Gasteiger partial charge in [-0.3, -0.25) is 9.59 Å². The minimum atomic E-state index is -1.27. The summed E-state index contributed by atoms with van der Waals surface area (Å²) in [7, 11) is 1.57. The van der Waals surface area contributed by atoms with Crippen LogP contribution in [0, 0.1) is 6.92 Å². The van der Waals surface area contributed by atoms with Crippen molar-refractivity contribution in [2.75, 3.05) is 18.2 Å². The number of aryl methyl sites for hydroxylation is 2. The lowest BCUT2D eigenvalue weighted by Crippen LogP contribution is -2.52. The van der Waals surface area contributed by atoms with Gasteiger partial charge in [0.2, 0.25) is 11.8 Å². The molecule has 4 aromatic carbocycles. The second-order valence-electron chi connectivity index (χ2n) is 11.7. The number of aromatic nitrogens is 1. The van der Waals surface area contributed by atoms with E-state index in [-0.39, 0.29) is 24.6 Å². The van der Waals surface area contributed by atoms with E-state index in [0.717, 1.165) is 56.2 Å². The number of hydrogen-bond donors (Lipinski definition) is 3. The molecule has 1 atom stereocenters. The number of anilines is 1. The fourth-order valence-corrected chi connectivity index (χ4v) is 6.16. The third-order valence-corrected chi connectivity index (χ3v) is 8.67. The van der Waals surface area contributed by atoms with Crippen LogP contribution in [0.3, 0.4) is 0 Å². The molecule has 0 unspecified atom stereocenters. The van der Waals surface area contributed by atoms with E-state index >= 15 is 0 Å². The SMILES string of the molecule is COc1ccc2[nH]c(C)c(CC(=O)N(C(=O)OCc3ccccc3)[C@@H](CS)C(=O)Nc3ccc4c(CCCC(C)=O)cccc4c3)c2c1. The molecular weight excluding hydrogens is 627 g/mol. The molecule has 0 saturated heterocycles. The molecule has 0 radical (unpaired) electrons. The monoisotopic (exact) mass is 665 g/mol. The number of benzene rings is 4. The van der Waals surface area contributed by atoms with Gasteiger partial charge >= 0.3 is 6.09 Å². The quantitative estimate of drug-likeness (QED) is 0.115. The van der Waals surface area contributed by atoms with Crippen molar-refractivity contribution in [1.82, 2.24) is 9.88 Å². The van der Waals surface area contributed by atoms with Crippen LogP contribution in [0.15, 0.2) is 84.9 Å². The number of fused-ring (bicyclic) bond motifs is 2. The number of hydrogen-bond acceptors (Lipinski definition) is 7. The molecule has 10 heteroatoms. The number of carbonyl (C=O) groups excluding carboxylic acids is 4. The van der Waals surface area contributed by atoms with Crippen LogP contribution in [-0.4, -0.2) is 52.5 Å². The largest absolute Gasteiger partial charge is 0.497 e. The summed E-state index contributed by atoms with van der Waals surface area (Å²) in [5, 5.41) is 5.60. The first-order chi connectivity index (χ1) is 23.2. The molecule has 0 bridgehead atoms. The topological polar surface area (TPSA) is 118 Å². The van der Waals surface area contributed by atoms with Crippen LogP contribution in [0.2, 0.25) is 0 Å². The number of rotatable bonds is 13. The highest BCUT2D eigenvalue weighted by Gasteiger charge is 2.36. The standard InChI is InChI=1S/C38H39N3O6S/c1-24(42)9-7-12-27-13-8-14-28-19-29(15-17-31(27)28)40-37(44)35(23-48)41(38(45)47-22-26-10-5-4-6-11-26)36(43)21-32-25(2)39-34-18-16-30(46-3)20-33(32)34/h4-6,8,10-11,13-20,35,39,48H,7,9,12,21-23H2,1-3H3,(H,40,44)/t35-/m0/s1. The Balaban J connectivity index is 1.41. The lowest BCUT2D eigenvalue weighted by Gasteiger charge is -2.28. The molecule has 0 saturated carbocycles. The lowest BCUT2D eigenvalue weighted by atomic mass is 9.99. The molecule has 0 aliphatic rings. The average Bonchev–Trinajstić information content (AvgIpc) is 3.39. The van der Waals surface area contributed by atoms with Crippen LogP contribution < -0.4 is 10.1 Å². The molecule has 3 amide bonds. The number of ether oxygens (including phenoxy) is 2. The molecule has 1 heterocycles. The van der Waals surface area contributed by atoms with Crippen molar-refractivity contribution in [2.45, 2.75) is 52.2 Å². The fourth-order valence-electron chi connectivity index (χ4n) is 5.83. The first kappa shape index (κ1) is 34.3. The third kappa shape index (κ3) is 8.06. The first-order valence-corrected chi connectivity index (χ1v) is 16.4. The van der Waals surface area contributed by atoms with Crippen molar-refractivity contribution in [3.8, 4) is 5.75 Å². The summed E-state index contributed by atoms with van der Waals surface area (Å²) in [6.07, 6.45) is 0.926. The van der Waals surface area contributed by atoms with Crippen LogP contribution >= 0.6 is 12.6 Å². The van der Waals surface area contributed by atoms with Gasteiger partial charge in [0.05, 0.1) is 13.5 Å². The van der Waals surface area contributed by atoms with Gasteiger partial charge in [0.25, 0.3) is 0 Å². The fraction of sp³-hybridized carbons (Fsp3) is 0.263. The second kappa shape index (κ2) is 15.7. The summed E-state index contributed by atoms with van der Waals surface area (Å²) in [5.41, 5.74) is 4.61. The van der Waals surface area contributed by atoms with Gasteiger partial charge < -0.3 is 24.6 Å². The maximum absolute atomic E-state index is 14.1. The molecule has 0 aliphatic carbocycles. The highest BCUT2D eigenvalue weighted by atomic mass is 32.1. The lowest BCUT2D eigenvalue weighted by molar-refractivity contribution is -0.135. The van der Waals surface area contributed by atoms with Crippen LogP contribution in [0.4, 0.5) is 10.5 Å². The first-order valence-electron chi connectivity index (χ1n) is 15.8. The highest BCUT2D eigenvalue weighted by molar-refractivity contribution is 7.80. The molecule has 248 valence electrons. The van der Waals surface area contributed by atoms with Gasteiger partial charge in [-0.1, -0.05) is 54.6 Å². The number of carbonyl (C=O) groups is 4. The van der Waals surface area contributed by atoms with E-state index in [1.54, 1.807) is 32.2 Å². The Hall–Kier alpha value is -5.09. The van der Waals surface area contributed by atoms with Crippen molar-refractivity contribution in [1.29, 1.82) is 0 Å². The van der Waals surface area contributed by atoms with Gasteiger partial charge in [0, 0.05) is 34.5 Å². The van der Waals surface area contributed by atoms with Crippen molar-refractivity contribution >= 4 is 63.7 Å². The van der Waals surface area contributed by atoms with Crippen molar-refractivity contribution in [3.05, 3.63) is 107 Å². The van der Waals surface area contributed by atoms with Crippen molar-refractivity contribution in [2.24, 2.45) is 0 Å². The van der Waals surface area contributed by atoms with Crippen LogP contribution in [0.5, 0.6) is 5.75 Å². The number of H-pyrrole nitrogens is 1.